The second-order valence-electron chi connectivity index (χ2n) is 6.43. The van der Waals surface area contributed by atoms with E-state index in [-0.39, 0.29) is 42.5 Å². The van der Waals surface area contributed by atoms with Crippen LogP contribution in [0.15, 0.2) is 27.8 Å². The van der Waals surface area contributed by atoms with Crippen molar-refractivity contribution in [2.45, 2.75) is 38.8 Å². The molecular formula is C19H33IN4O4. The minimum Gasteiger partial charge on any atom is -0.467 e. The van der Waals surface area contributed by atoms with E-state index in [0.717, 1.165) is 63.8 Å². The molecule has 0 bridgehead atoms. The highest BCUT2D eigenvalue weighted by molar-refractivity contribution is 14.0. The number of nitrogens with zero attached hydrogens (tertiary/aromatic N) is 2. The molecule has 0 saturated carbocycles. The fourth-order valence-corrected chi connectivity index (χ4v) is 2.91. The van der Waals surface area contributed by atoms with Crippen molar-refractivity contribution in [3.8, 4) is 0 Å². The quantitative estimate of drug-likeness (QED) is 0.218. The number of hydrogen-bond donors (Lipinski definition) is 2. The zero-order valence-electron chi connectivity index (χ0n) is 16.8. The van der Waals surface area contributed by atoms with E-state index >= 15 is 0 Å². The number of halogens is 1. The van der Waals surface area contributed by atoms with Gasteiger partial charge in [-0.2, -0.15) is 0 Å². The number of rotatable bonds is 10. The van der Waals surface area contributed by atoms with Crippen molar-refractivity contribution in [1.29, 1.82) is 0 Å². The topological polar surface area (TPSA) is 88.3 Å². The van der Waals surface area contributed by atoms with Crippen molar-refractivity contribution in [1.82, 2.24) is 15.5 Å². The number of furan rings is 1. The van der Waals surface area contributed by atoms with Gasteiger partial charge in [0.1, 0.15) is 12.3 Å². The summed E-state index contributed by atoms with van der Waals surface area (Å²) in [4.78, 5) is 18.7. The number of aliphatic imine (C=N–C) groups is 1. The van der Waals surface area contributed by atoms with E-state index in [1.807, 2.05) is 13.0 Å². The monoisotopic (exact) mass is 508 g/mol. The Morgan fingerprint density at radius 1 is 1.32 bits per heavy atom. The van der Waals surface area contributed by atoms with E-state index in [0.29, 0.717) is 6.54 Å². The van der Waals surface area contributed by atoms with Crippen LogP contribution in [0, 0.1) is 0 Å². The third-order valence-electron chi connectivity index (χ3n) is 4.34. The number of carbonyl (C=O) groups excluding carboxylic acids is 1. The average molecular weight is 508 g/mol. The van der Waals surface area contributed by atoms with Crippen LogP contribution in [0.5, 0.6) is 0 Å². The first-order valence-corrected chi connectivity index (χ1v) is 9.65. The first-order chi connectivity index (χ1) is 13.2. The molecule has 1 saturated heterocycles. The molecule has 0 aromatic carbocycles. The van der Waals surface area contributed by atoms with Crippen LogP contribution in [0.3, 0.4) is 0 Å². The molecule has 2 heterocycles. The molecule has 0 radical (unpaired) electrons. The van der Waals surface area contributed by atoms with E-state index in [1.54, 1.807) is 19.4 Å². The van der Waals surface area contributed by atoms with Gasteiger partial charge in [0.25, 0.3) is 0 Å². The number of ether oxygens (including phenoxy) is 2. The lowest BCUT2D eigenvalue weighted by molar-refractivity contribution is -0.119. The van der Waals surface area contributed by atoms with Gasteiger partial charge in [-0.3, -0.25) is 4.79 Å². The maximum atomic E-state index is 12.0. The molecule has 1 fully saturated rings. The number of nitrogens with one attached hydrogen (secondary N) is 2. The van der Waals surface area contributed by atoms with E-state index in [1.165, 1.54) is 0 Å². The molecule has 1 aromatic heterocycles. The minimum atomic E-state index is -0.127. The van der Waals surface area contributed by atoms with Crippen LogP contribution in [-0.4, -0.2) is 69.4 Å². The smallest absolute Gasteiger partial charge is 0.242 e. The summed E-state index contributed by atoms with van der Waals surface area (Å²) >= 11 is 0. The van der Waals surface area contributed by atoms with Crippen molar-refractivity contribution in [3.63, 3.8) is 0 Å². The maximum Gasteiger partial charge on any atom is 0.242 e. The SMILES string of the molecule is CCNC(=NCC(=O)NCc1ccco1)N1CCC(OCCCOC)CC1.I. The van der Waals surface area contributed by atoms with Gasteiger partial charge >= 0.3 is 0 Å². The van der Waals surface area contributed by atoms with Gasteiger partial charge < -0.3 is 29.4 Å². The van der Waals surface area contributed by atoms with Gasteiger partial charge in [-0.15, -0.1) is 24.0 Å². The van der Waals surface area contributed by atoms with Crippen LogP contribution in [-0.2, 0) is 20.8 Å². The molecule has 0 unspecified atom stereocenters. The molecule has 9 heteroatoms. The Balaban J connectivity index is 0.00000392. The number of guanidine groups is 1. The Kier molecular flexibility index (Phi) is 12.9. The maximum absolute atomic E-state index is 12.0. The number of piperidine rings is 1. The number of hydrogen-bond acceptors (Lipinski definition) is 5. The number of amides is 1. The summed E-state index contributed by atoms with van der Waals surface area (Å²) in [5.74, 6) is 1.38. The lowest BCUT2D eigenvalue weighted by Gasteiger charge is -2.34. The van der Waals surface area contributed by atoms with E-state index < -0.39 is 0 Å². The first-order valence-electron chi connectivity index (χ1n) is 9.65. The van der Waals surface area contributed by atoms with Gasteiger partial charge in [0.05, 0.1) is 18.9 Å². The summed E-state index contributed by atoms with van der Waals surface area (Å²) in [5.41, 5.74) is 0. The van der Waals surface area contributed by atoms with Crippen LogP contribution in [0.2, 0.25) is 0 Å². The van der Waals surface area contributed by atoms with Gasteiger partial charge in [-0.25, -0.2) is 4.99 Å². The van der Waals surface area contributed by atoms with Crippen LogP contribution in [0.25, 0.3) is 0 Å². The summed E-state index contributed by atoms with van der Waals surface area (Å²) in [5, 5.41) is 6.08. The molecule has 2 N–H and O–H groups in total. The second kappa shape index (κ2) is 14.6. The summed E-state index contributed by atoms with van der Waals surface area (Å²) in [6.07, 6.45) is 4.73. The van der Waals surface area contributed by atoms with Crippen molar-refractivity contribution in [3.05, 3.63) is 24.2 Å². The van der Waals surface area contributed by atoms with E-state index in [9.17, 15) is 4.79 Å². The van der Waals surface area contributed by atoms with Crippen molar-refractivity contribution >= 4 is 35.8 Å². The molecule has 1 amide bonds. The molecule has 0 atom stereocenters. The third-order valence-corrected chi connectivity index (χ3v) is 4.34. The Morgan fingerprint density at radius 3 is 2.75 bits per heavy atom. The summed E-state index contributed by atoms with van der Waals surface area (Å²) in [7, 11) is 1.71. The number of likely N-dealkylation sites (tertiary alicyclic amines) is 1. The van der Waals surface area contributed by atoms with Crippen LogP contribution in [0.1, 0.15) is 31.9 Å². The van der Waals surface area contributed by atoms with E-state index in [4.69, 9.17) is 13.9 Å². The number of methoxy groups -OCH3 is 1. The van der Waals surface area contributed by atoms with Crippen LogP contribution in [0.4, 0.5) is 0 Å². The van der Waals surface area contributed by atoms with Gasteiger partial charge in [-0.1, -0.05) is 0 Å². The van der Waals surface area contributed by atoms with Gasteiger partial charge in [-0.05, 0) is 38.3 Å². The first kappa shape index (κ1) is 24.7. The summed E-state index contributed by atoms with van der Waals surface area (Å²) in [6, 6.07) is 3.63. The number of carbonyl (C=O) groups is 1. The van der Waals surface area contributed by atoms with E-state index in [2.05, 4.69) is 20.5 Å². The zero-order chi connectivity index (χ0) is 19.3. The molecular weight excluding hydrogens is 475 g/mol. The lowest BCUT2D eigenvalue weighted by atomic mass is 10.1. The molecule has 160 valence electrons. The highest BCUT2D eigenvalue weighted by Gasteiger charge is 2.22. The van der Waals surface area contributed by atoms with Crippen molar-refractivity contribution in [2.75, 3.05) is 46.5 Å². The standard InChI is InChI=1S/C19H32N4O4.HI/c1-3-20-19(22-15-18(24)21-14-17-6-4-12-27-17)23-9-7-16(8-10-23)26-13-5-11-25-2;/h4,6,12,16H,3,5,7-11,13-15H2,1-2H3,(H,20,22)(H,21,24);1H. The Morgan fingerprint density at radius 2 is 2.11 bits per heavy atom. The van der Waals surface area contributed by atoms with Gasteiger partial charge in [0.15, 0.2) is 5.96 Å². The highest BCUT2D eigenvalue weighted by atomic mass is 127. The third kappa shape index (κ3) is 9.24. The van der Waals surface area contributed by atoms with Crippen molar-refractivity contribution in [2.24, 2.45) is 4.99 Å². The molecule has 1 aliphatic rings. The fraction of sp³-hybridized carbons (Fsp3) is 0.684. The molecule has 1 aromatic rings. The van der Waals surface area contributed by atoms with Gasteiger partial charge in [0, 0.05) is 40.0 Å². The van der Waals surface area contributed by atoms with Gasteiger partial charge in [0.2, 0.25) is 5.91 Å². The van der Waals surface area contributed by atoms with Crippen LogP contribution >= 0.6 is 24.0 Å². The Labute approximate surface area is 184 Å². The Hall–Kier alpha value is -1.33. The minimum absolute atomic E-state index is 0. The molecule has 8 nitrogen and oxygen atoms in total. The molecule has 0 aliphatic carbocycles. The normalized spacial score (nSPS) is 15.2. The largest absolute Gasteiger partial charge is 0.467 e. The zero-order valence-corrected chi connectivity index (χ0v) is 19.1. The lowest BCUT2D eigenvalue weighted by Crippen LogP contribution is -2.47. The molecule has 28 heavy (non-hydrogen) atoms. The molecule has 2 rings (SSSR count). The Bertz CT molecular complexity index is 560. The average Bonchev–Trinajstić information content (AvgIpc) is 3.21. The predicted molar refractivity (Wildman–Crippen MR) is 119 cm³/mol. The predicted octanol–water partition coefficient (Wildman–Crippen LogP) is 2.00. The highest BCUT2D eigenvalue weighted by Crippen LogP contribution is 2.14. The summed E-state index contributed by atoms with van der Waals surface area (Å²) < 4.78 is 16.1. The molecule has 1 aliphatic heterocycles. The molecule has 0 spiro atoms. The fourth-order valence-electron chi connectivity index (χ4n) is 2.91. The summed E-state index contributed by atoms with van der Waals surface area (Å²) in [6.45, 7) is 6.47. The van der Waals surface area contributed by atoms with Crippen LogP contribution < -0.4 is 10.6 Å². The van der Waals surface area contributed by atoms with Crippen molar-refractivity contribution < 1.29 is 18.7 Å². The second-order valence-corrected chi connectivity index (χ2v) is 6.43.